The van der Waals surface area contributed by atoms with Crippen molar-refractivity contribution in [2.24, 2.45) is 0 Å². The van der Waals surface area contributed by atoms with Crippen LogP contribution in [-0.2, 0) is 4.74 Å². The van der Waals surface area contributed by atoms with Crippen molar-refractivity contribution in [2.45, 2.75) is 51.4 Å². The Labute approximate surface area is 69.3 Å². The summed E-state index contributed by atoms with van der Waals surface area (Å²) in [5.74, 6) is 0. The maximum atomic E-state index is 5.78. The van der Waals surface area contributed by atoms with E-state index in [0.717, 1.165) is 0 Å². The molecule has 1 aliphatic rings. The molecule has 2 atom stereocenters. The summed E-state index contributed by atoms with van der Waals surface area (Å²) < 4.78 is 5.78. The van der Waals surface area contributed by atoms with Crippen LogP contribution in [0.3, 0.4) is 0 Å². The second-order valence-corrected chi connectivity index (χ2v) is 3.47. The van der Waals surface area contributed by atoms with E-state index in [4.69, 9.17) is 4.74 Å². The highest BCUT2D eigenvalue weighted by molar-refractivity contribution is 4.74. The van der Waals surface area contributed by atoms with Crippen LogP contribution >= 0.6 is 0 Å². The van der Waals surface area contributed by atoms with Gasteiger partial charge in [-0.2, -0.15) is 0 Å². The number of nitrogens with one attached hydrogen (secondary N) is 1. The second kappa shape index (κ2) is 4.07. The summed E-state index contributed by atoms with van der Waals surface area (Å²) in [5, 5.41) is 3.19. The second-order valence-electron chi connectivity index (χ2n) is 3.47. The van der Waals surface area contributed by atoms with Gasteiger partial charge in [-0.15, -0.1) is 0 Å². The molecule has 2 unspecified atom stereocenters. The monoisotopic (exact) mass is 157 g/mol. The normalized spacial score (nSPS) is 24.3. The minimum absolute atomic E-state index is 0.352. The van der Waals surface area contributed by atoms with E-state index >= 15 is 0 Å². The summed E-state index contributed by atoms with van der Waals surface area (Å²) in [7, 11) is 1.98. The van der Waals surface area contributed by atoms with Crippen LogP contribution in [0.15, 0.2) is 0 Å². The molecule has 1 rings (SSSR count). The first-order valence-corrected chi connectivity index (χ1v) is 4.56. The fourth-order valence-corrected chi connectivity index (χ4v) is 1.16. The van der Waals surface area contributed by atoms with Gasteiger partial charge < -0.3 is 10.1 Å². The Kier molecular flexibility index (Phi) is 3.34. The first kappa shape index (κ1) is 9.01. The average Bonchev–Trinajstić information content (AvgIpc) is 1.94. The molecule has 2 heteroatoms. The zero-order valence-electron chi connectivity index (χ0n) is 7.76. The fourth-order valence-electron chi connectivity index (χ4n) is 1.16. The van der Waals surface area contributed by atoms with Crippen molar-refractivity contribution in [3.8, 4) is 0 Å². The van der Waals surface area contributed by atoms with Gasteiger partial charge in [0, 0.05) is 6.04 Å². The number of hydrogen-bond acceptors (Lipinski definition) is 2. The minimum Gasteiger partial charge on any atom is -0.374 e. The van der Waals surface area contributed by atoms with Crippen LogP contribution in [0.1, 0.15) is 33.1 Å². The van der Waals surface area contributed by atoms with Crippen molar-refractivity contribution in [2.75, 3.05) is 7.05 Å². The predicted molar refractivity (Wildman–Crippen MR) is 46.7 cm³/mol. The van der Waals surface area contributed by atoms with E-state index in [0.29, 0.717) is 18.2 Å². The number of ether oxygens (including phenoxy) is 1. The summed E-state index contributed by atoms with van der Waals surface area (Å²) in [6, 6.07) is 0.468. The molecule has 1 N–H and O–H groups in total. The van der Waals surface area contributed by atoms with Crippen molar-refractivity contribution in [1.82, 2.24) is 5.32 Å². The van der Waals surface area contributed by atoms with Crippen LogP contribution in [0, 0.1) is 0 Å². The fraction of sp³-hybridized carbons (Fsp3) is 1.00. The third kappa shape index (κ3) is 2.46. The van der Waals surface area contributed by atoms with Crippen molar-refractivity contribution in [3.63, 3.8) is 0 Å². The highest BCUT2D eigenvalue weighted by atomic mass is 16.5. The van der Waals surface area contributed by atoms with Gasteiger partial charge >= 0.3 is 0 Å². The Morgan fingerprint density at radius 3 is 2.36 bits per heavy atom. The average molecular weight is 157 g/mol. The molecule has 11 heavy (non-hydrogen) atoms. The van der Waals surface area contributed by atoms with E-state index in [-0.39, 0.29) is 0 Å². The SMILES string of the molecule is CNC(C)C(C)OC1CCC1. The van der Waals surface area contributed by atoms with E-state index in [1.165, 1.54) is 19.3 Å². The Hall–Kier alpha value is -0.0800. The van der Waals surface area contributed by atoms with Crippen molar-refractivity contribution >= 4 is 0 Å². The van der Waals surface area contributed by atoms with Crippen LogP contribution < -0.4 is 5.32 Å². The molecule has 0 radical (unpaired) electrons. The van der Waals surface area contributed by atoms with E-state index in [1.54, 1.807) is 0 Å². The topological polar surface area (TPSA) is 21.3 Å². The lowest BCUT2D eigenvalue weighted by Crippen LogP contribution is -2.38. The Morgan fingerprint density at radius 1 is 1.36 bits per heavy atom. The molecule has 1 aliphatic carbocycles. The van der Waals surface area contributed by atoms with Crippen LogP contribution in [0.5, 0.6) is 0 Å². The zero-order valence-corrected chi connectivity index (χ0v) is 7.76. The van der Waals surface area contributed by atoms with Crippen molar-refractivity contribution in [3.05, 3.63) is 0 Å². The maximum absolute atomic E-state index is 5.78. The van der Waals surface area contributed by atoms with E-state index in [2.05, 4.69) is 19.2 Å². The molecule has 66 valence electrons. The van der Waals surface area contributed by atoms with Crippen LogP contribution in [0.4, 0.5) is 0 Å². The lowest BCUT2D eigenvalue weighted by molar-refractivity contribution is -0.0542. The smallest absolute Gasteiger partial charge is 0.0700 e. The summed E-state index contributed by atoms with van der Waals surface area (Å²) >= 11 is 0. The molecule has 0 saturated heterocycles. The molecule has 0 bridgehead atoms. The summed E-state index contributed by atoms with van der Waals surface area (Å²) in [6.07, 6.45) is 4.79. The third-order valence-electron chi connectivity index (χ3n) is 2.62. The highest BCUT2D eigenvalue weighted by Crippen LogP contribution is 2.23. The molecular weight excluding hydrogens is 138 g/mol. The van der Waals surface area contributed by atoms with Gasteiger partial charge in [0.25, 0.3) is 0 Å². The first-order valence-electron chi connectivity index (χ1n) is 4.56. The summed E-state index contributed by atoms with van der Waals surface area (Å²) in [6.45, 7) is 4.29. The molecule has 0 aliphatic heterocycles. The minimum atomic E-state index is 0.352. The van der Waals surface area contributed by atoms with E-state index < -0.39 is 0 Å². The molecule has 1 saturated carbocycles. The van der Waals surface area contributed by atoms with Gasteiger partial charge in [0.1, 0.15) is 0 Å². The maximum Gasteiger partial charge on any atom is 0.0700 e. The lowest BCUT2D eigenvalue weighted by atomic mass is 9.96. The molecule has 2 nitrogen and oxygen atoms in total. The van der Waals surface area contributed by atoms with Crippen LogP contribution in [0.2, 0.25) is 0 Å². The van der Waals surface area contributed by atoms with Crippen LogP contribution in [-0.4, -0.2) is 25.3 Å². The standard InChI is InChI=1S/C9H19NO/c1-7(10-3)8(2)11-9-5-4-6-9/h7-10H,4-6H2,1-3H3. The Balaban J connectivity index is 2.13. The van der Waals surface area contributed by atoms with Crippen LogP contribution in [0.25, 0.3) is 0 Å². The van der Waals surface area contributed by atoms with Crippen molar-refractivity contribution in [1.29, 1.82) is 0 Å². The lowest BCUT2D eigenvalue weighted by Gasteiger charge is -2.31. The van der Waals surface area contributed by atoms with E-state index in [9.17, 15) is 0 Å². The molecular formula is C9H19NO. The largest absolute Gasteiger partial charge is 0.374 e. The van der Waals surface area contributed by atoms with Gasteiger partial charge in [-0.1, -0.05) is 0 Å². The first-order chi connectivity index (χ1) is 5.24. The number of likely N-dealkylation sites (N-methyl/N-ethyl adjacent to an activating group) is 1. The molecule has 1 fully saturated rings. The van der Waals surface area contributed by atoms with E-state index in [1.807, 2.05) is 7.05 Å². The van der Waals surface area contributed by atoms with Gasteiger partial charge in [0.2, 0.25) is 0 Å². The highest BCUT2D eigenvalue weighted by Gasteiger charge is 2.22. The quantitative estimate of drug-likeness (QED) is 0.668. The predicted octanol–water partition coefficient (Wildman–Crippen LogP) is 1.55. The number of rotatable bonds is 4. The Morgan fingerprint density at radius 2 is 2.00 bits per heavy atom. The zero-order chi connectivity index (χ0) is 8.27. The van der Waals surface area contributed by atoms with Gasteiger partial charge in [0.05, 0.1) is 12.2 Å². The van der Waals surface area contributed by atoms with Gasteiger partial charge in [0.15, 0.2) is 0 Å². The summed E-state index contributed by atoms with van der Waals surface area (Å²) in [5.41, 5.74) is 0. The third-order valence-corrected chi connectivity index (χ3v) is 2.62. The molecule has 0 aromatic carbocycles. The van der Waals surface area contributed by atoms with Gasteiger partial charge in [-0.05, 0) is 40.2 Å². The van der Waals surface area contributed by atoms with Gasteiger partial charge in [-0.25, -0.2) is 0 Å². The Bertz CT molecular complexity index is 112. The molecule has 0 aromatic rings. The molecule has 0 amide bonds. The summed E-state index contributed by atoms with van der Waals surface area (Å²) in [4.78, 5) is 0. The number of hydrogen-bond donors (Lipinski definition) is 1. The molecule has 0 heterocycles. The van der Waals surface area contributed by atoms with Gasteiger partial charge in [-0.3, -0.25) is 0 Å². The molecule has 0 spiro atoms. The van der Waals surface area contributed by atoms with Crippen molar-refractivity contribution < 1.29 is 4.74 Å². The molecule has 0 aromatic heterocycles.